The van der Waals surface area contributed by atoms with Gasteiger partial charge in [0.25, 0.3) is 0 Å². The van der Waals surface area contributed by atoms with Gasteiger partial charge in [0.15, 0.2) is 35.2 Å². The first-order valence-corrected chi connectivity index (χ1v) is 11.3. The molecule has 0 N–H and O–H groups in total. The third-order valence-corrected chi connectivity index (χ3v) is 6.09. The minimum atomic E-state index is -1.51. The molecule has 0 spiro atoms. The molecule has 0 unspecified atom stereocenters. The van der Waals surface area contributed by atoms with Crippen LogP contribution in [-0.2, 0) is 15.9 Å². The standard InChI is InChI=1S/C27H25F5O2/c1-3-13-27(32)14-33-26(34-15-27)18-7-5-17(6-8-18)19-11-12-21(25(31)23(19)29)20-10-9-16(4-2)22(28)24(20)30/h5-12,26H,3-4,13-15H2,1-2H3. The van der Waals surface area contributed by atoms with E-state index in [0.717, 1.165) is 0 Å². The summed E-state index contributed by atoms with van der Waals surface area (Å²) in [7, 11) is 0. The lowest BCUT2D eigenvalue weighted by molar-refractivity contribution is -0.238. The van der Waals surface area contributed by atoms with E-state index in [1.165, 1.54) is 24.3 Å². The fourth-order valence-electron chi connectivity index (χ4n) is 4.20. The van der Waals surface area contributed by atoms with Crippen LogP contribution in [0, 0.1) is 23.3 Å². The van der Waals surface area contributed by atoms with E-state index in [9.17, 15) is 22.0 Å². The number of halogens is 5. The largest absolute Gasteiger partial charge is 0.345 e. The zero-order valence-electron chi connectivity index (χ0n) is 18.9. The van der Waals surface area contributed by atoms with E-state index in [2.05, 4.69) is 0 Å². The molecular weight excluding hydrogens is 451 g/mol. The van der Waals surface area contributed by atoms with Crippen molar-refractivity contribution in [3.8, 4) is 22.3 Å². The van der Waals surface area contributed by atoms with Gasteiger partial charge in [-0.1, -0.05) is 68.8 Å². The van der Waals surface area contributed by atoms with E-state index < -0.39 is 35.2 Å². The normalized spacial score (nSPS) is 20.5. The second-order valence-corrected chi connectivity index (χ2v) is 8.52. The molecule has 0 aliphatic carbocycles. The summed E-state index contributed by atoms with van der Waals surface area (Å²) >= 11 is 0. The average Bonchev–Trinajstić information content (AvgIpc) is 2.84. The summed E-state index contributed by atoms with van der Waals surface area (Å²) < 4.78 is 84.0. The summed E-state index contributed by atoms with van der Waals surface area (Å²) in [5.74, 6) is -4.71. The maximum Gasteiger partial charge on any atom is 0.184 e. The lowest BCUT2D eigenvalue weighted by atomic mass is 9.96. The predicted molar refractivity (Wildman–Crippen MR) is 120 cm³/mol. The molecule has 180 valence electrons. The zero-order chi connectivity index (χ0) is 24.5. The molecule has 1 heterocycles. The van der Waals surface area contributed by atoms with Gasteiger partial charge in [0.1, 0.15) is 0 Å². The number of benzene rings is 3. The molecule has 7 heteroatoms. The van der Waals surface area contributed by atoms with Crippen molar-refractivity contribution in [1.82, 2.24) is 0 Å². The van der Waals surface area contributed by atoms with Gasteiger partial charge in [-0.3, -0.25) is 0 Å². The van der Waals surface area contributed by atoms with Crippen molar-refractivity contribution in [2.75, 3.05) is 13.2 Å². The smallest absolute Gasteiger partial charge is 0.184 e. The minimum absolute atomic E-state index is 0.0324. The maximum absolute atomic E-state index is 14.9. The Labute approximate surface area is 195 Å². The third-order valence-electron chi connectivity index (χ3n) is 6.09. The number of rotatable bonds is 6. The summed E-state index contributed by atoms with van der Waals surface area (Å²) in [6.45, 7) is 3.40. The van der Waals surface area contributed by atoms with Gasteiger partial charge in [-0.2, -0.15) is 0 Å². The van der Waals surface area contributed by atoms with E-state index in [-0.39, 0.29) is 41.9 Å². The monoisotopic (exact) mass is 476 g/mol. The summed E-state index contributed by atoms with van der Waals surface area (Å²) in [4.78, 5) is 0. The van der Waals surface area contributed by atoms with Crippen LogP contribution in [0.3, 0.4) is 0 Å². The van der Waals surface area contributed by atoms with Gasteiger partial charge in [-0.15, -0.1) is 0 Å². The van der Waals surface area contributed by atoms with Gasteiger partial charge >= 0.3 is 0 Å². The van der Waals surface area contributed by atoms with Gasteiger partial charge in [0, 0.05) is 22.3 Å². The minimum Gasteiger partial charge on any atom is -0.345 e. The van der Waals surface area contributed by atoms with Gasteiger partial charge in [0.05, 0.1) is 13.2 Å². The quantitative estimate of drug-likeness (QED) is 0.340. The lowest BCUT2D eigenvalue weighted by Crippen LogP contribution is -2.41. The number of hydrogen-bond donors (Lipinski definition) is 0. The molecule has 1 fully saturated rings. The fraction of sp³-hybridized carbons (Fsp3) is 0.333. The molecule has 3 aromatic rings. The molecule has 0 atom stereocenters. The van der Waals surface area contributed by atoms with E-state index in [1.807, 2.05) is 6.92 Å². The summed E-state index contributed by atoms with van der Waals surface area (Å²) in [5.41, 5.74) is -1.08. The molecule has 2 nitrogen and oxygen atoms in total. The molecule has 0 radical (unpaired) electrons. The molecule has 0 bridgehead atoms. The van der Waals surface area contributed by atoms with Crippen LogP contribution >= 0.6 is 0 Å². The van der Waals surface area contributed by atoms with Gasteiger partial charge in [-0.25, -0.2) is 22.0 Å². The van der Waals surface area contributed by atoms with Crippen LogP contribution < -0.4 is 0 Å². The number of aryl methyl sites for hydroxylation is 1. The Morgan fingerprint density at radius 2 is 1.26 bits per heavy atom. The molecule has 1 saturated heterocycles. The number of hydrogen-bond acceptors (Lipinski definition) is 2. The van der Waals surface area contributed by atoms with E-state index in [4.69, 9.17) is 9.47 Å². The van der Waals surface area contributed by atoms with Crippen LogP contribution in [0.15, 0.2) is 48.5 Å². The predicted octanol–water partition coefficient (Wildman–Crippen LogP) is 7.69. The maximum atomic E-state index is 14.9. The van der Waals surface area contributed by atoms with Crippen LogP contribution in [0.25, 0.3) is 22.3 Å². The van der Waals surface area contributed by atoms with E-state index in [1.54, 1.807) is 31.2 Å². The molecule has 0 saturated carbocycles. The van der Waals surface area contributed by atoms with Crippen LogP contribution in [0.5, 0.6) is 0 Å². The van der Waals surface area contributed by atoms with Gasteiger partial charge in [0.2, 0.25) is 0 Å². The Kier molecular flexibility index (Phi) is 7.05. The summed E-state index contributed by atoms with van der Waals surface area (Å²) in [5, 5.41) is 0. The first-order chi connectivity index (χ1) is 16.3. The Hall–Kier alpha value is -2.77. The Morgan fingerprint density at radius 1 is 0.735 bits per heavy atom. The van der Waals surface area contributed by atoms with Crippen molar-refractivity contribution < 1.29 is 31.4 Å². The van der Waals surface area contributed by atoms with Gasteiger partial charge < -0.3 is 9.47 Å². The molecule has 0 aromatic heterocycles. The van der Waals surface area contributed by atoms with Crippen LogP contribution in [-0.4, -0.2) is 18.9 Å². The SMILES string of the molecule is CCCC1(F)COC(c2ccc(-c3ccc(-c4ccc(CC)c(F)c4F)c(F)c3F)cc2)OC1. The van der Waals surface area contributed by atoms with Crippen molar-refractivity contribution in [3.05, 3.63) is 82.9 Å². The summed E-state index contributed by atoms with van der Waals surface area (Å²) in [6.07, 6.45) is 0.551. The molecular formula is C27H25F5O2. The lowest BCUT2D eigenvalue weighted by Gasteiger charge is -2.34. The highest BCUT2D eigenvalue weighted by molar-refractivity contribution is 5.72. The molecule has 4 rings (SSSR count). The highest BCUT2D eigenvalue weighted by Gasteiger charge is 2.36. The second kappa shape index (κ2) is 9.84. The van der Waals surface area contributed by atoms with Crippen molar-refractivity contribution in [3.63, 3.8) is 0 Å². The molecule has 1 aliphatic heterocycles. The Bertz CT molecular complexity index is 1170. The van der Waals surface area contributed by atoms with Gasteiger partial charge in [-0.05, 0) is 24.0 Å². The van der Waals surface area contributed by atoms with Crippen molar-refractivity contribution in [2.24, 2.45) is 0 Å². The molecule has 3 aromatic carbocycles. The average molecular weight is 476 g/mol. The first kappa shape index (κ1) is 24.4. The molecule has 0 amide bonds. The third kappa shape index (κ3) is 4.59. The first-order valence-electron chi connectivity index (χ1n) is 11.3. The Balaban J connectivity index is 1.57. The van der Waals surface area contributed by atoms with Crippen molar-refractivity contribution in [1.29, 1.82) is 0 Å². The number of alkyl halides is 1. The van der Waals surface area contributed by atoms with Crippen LogP contribution in [0.2, 0.25) is 0 Å². The zero-order valence-corrected chi connectivity index (χ0v) is 18.9. The summed E-state index contributed by atoms with van der Waals surface area (Å²) in [6, 6.07) is 11.6. The second-order valence-electron chi connectivity index (χ2n) is 8.52. The highest BCUT2D eigenvalue weighted by Crippen LogP contribution is 2.36. The number of ether oxygens (including phenoxy) is 2. The van der Waals surface area contributed by atoms with Crippen LogP contribution in [0.4, 0.5) is 22.0 Å². The van der Waals surface area contributed by atoms with E-state index >= 15 is 0 Å². The Morgan fingerprint density at radius 3 is 1.85 bits per heavy atom. The van der Waals surface area contributed by atoms with Crippen molar-refractivity contribution in [2.45, 2.75) is 45.1 Å². The van der Waals surface area contributed by atoms with Crippen LogP contribution in [0.1, 0.15) is 44.1 Å². The highest BCUT2D eigenvalue weighted by atomic mass is 19.2. The van der Waals surface area contributed by atoms with E-state index in [0.29, 0.717) is 24.0 Å². The molecule has 1 aliphatic rings. The topological polar surface area (TPSA) is 18.5 Å². The van der Waals surface area contributed by atoms with Crippen molar-refractivity contribution >= 4 is 0 Å². The molecule has 34 heavy (non-hydrogen) atoms. The fourth-order valence-corrected chi connectivity index (χ4v) is 4.20.